The molecule has 0 heterocycles. The van der Waals surface area contributed by atoms with E-state index in [1.54, 1.807) is 0 Å². The molecule has 0 radical (unpaired) electrons. The number of hydrogen-bond acceptors (Lipinski definition) is 12. The number of nitrogens with one attached hydrogen (secondary N) is 4. The maximum Gasteiger partial charge on any atom is 0.394 e. The van der Waals surface area contributed by atoms with Gasteiger partial charge in [-0.25, -0.2) is 19.2 Å². The van der Waals surface area contributed by atoms with Gasteiger partial charge in [-0.05, 0) is 140 Å². The zero-order valence-corrected chi connectivity index (χ0v) is 53.4. The van der Waals surface area contributed by atoms with E-state index in [0.29, 0.717) is 100 Å². The van der Waals surface area contributed by atoms with Crippen LogP contribution in [0.2, 0.25) is 0 Å². The summed E-state index contributed by atoms with van der Waals surface area (Å²) >= 11 is 0. The molecule has 0 unspecified atom stereocenters. The minimum atomic E-state index is -1.57. The Morgan fingerprint density at radius 3 is 0.602 bits per heavy atom. The van der Waals surface area contributed by atoms with Gasteiger partial charge in [0, 0.05) is 51.9 Å². The average Bonchev–Trinajstić information content (AvgIpc) is 2.62. The molecule has 5 rings (SSSR count). The number of carbonyl (C=O) groups excluding carboxylic acids is 4. The summed E-state index contributed by atoms with van der Waals surface area (Å²) in [6.07, 6.45) is 4.90. The minimum Gasteiger partial charge on any atom is -0.493 e. The standard InChI is InChI=1S/C68H92N4O16/c1-65(2,3)49-33-41-29-43-35-50(66(4,5)6)37-45(54(43)86-26-18-14-22-70-58(74)62(79)80)31-47-39-52(68(10,11)12)40-48(56(47)88-28-20-16-24-72-60(76)64(83)84)32-46-38-51(67(7,8)9)36-44(55(46)87-27-19-15-23-71-59(75)63(81)82)30-42(34-49)53(41)85-25-17-13-21-69-57(73)61(77)78/h33-40H,13-32H2,1-12H3,(H,69,73)(H,70,74)(H,71,75)(H,72,76)(H,77,78)(H,79,80)(H,81,82)(H,83,84). The molecule has 4 aromatic rings. The number of hydrogen-bond donors (Lipinski definition) is 8. The predicted molar refractivity (Wildman–Crippen MR) is 333 cm³/mol. The van der Waals surface area contributed by atoms with E-state index in [2.05, 4.69) is 153 Å². The highest BCUT2D eigenvalue weighted by atomic mass is 16.5. The molecule has 8 bridgehead atoms. The van der Waals surface area contributed by atoms with E-state index in [1.165, 1.54) is 0 Å². The summed E-state index contributed by atoms with van der Waals surface area (Å²) in [6.45, 7) is 27.2. The Hall–Kier alpha value is -8.16. The summed E-state index contributed by atoms with van der Waals surface area (Å²) in [5.74, 6) is -8.08. The Bertz CT molecular complexity index is 2680. The van der Waals surface area contributed by atoms with Crippen molar-refractivity contribution in [1.82, 2.24) is 21.3 Å². The summed E-state index contributed by atoms with van der Waals surface area (Å²) in [5, 5.41) is 46.6. The van der Waals surface area contributed by atoms with Gasteiger partial charge in [0.2, 0.25) is 0 Å². The van der Waals surface area contributed by atoms with Crippen molar-refractivity contribution in [2.24, 2.45) is 0 Å². The van der Waals surface area contributed by atoms with Gasteiger partial charge >= 0.3 is 47.5 Å². The van der Waals surface area contributed by atoms with Gasteiger partial charge in [0.25, 0.3) is 0 Å². The number of rotatable bonds is 24. The number of carboxylic acid groups (broad SMARTS) is 4. The molecular formula is C68H92N4O16. The summed E-state index contributed by atoms with van der Waals surface area (Å²) in [4.78, 5) is 93.2. The fraction of sp³-hybridized carbons (Fsp3) is 0.529. The van der Waals surface area contributed by atoms with Crippen LogP contribution in [0.25, 0.3) is 0 Å². The zero-order chi connectivity index (χ0) is 65.3. The van der Waals surface area contributed by atoms with Crippen LogP contribution in [-0.2, 0) is 85.7 Å². The lowest BCUT2D eigenvalue weighted by Gasteiger charge is -2.29. The Kier molecular flexibility index (Phi) is 25.0. The van der Waals surface area contributed by atoms with E-state index in [-0.39, 0.29) is 74.3 Å². The molecule has 88 heavy (non-hydrogen) atoms. The highest BCUT2D eigenvalue weighted by molar-refractivity contribution is 6.32. The molecule has 480 valence electrons. The third-order valence-corrected chi connectivity index (χ3v) is 15.1. The summed E-state index contributed by atoms with van der Waals surface area (Å²) in [6, 6.07) is 17.5. The van der Waals surface area contributed by atoms with Crippen molar-refractivity contribution in [2.75, 3.05) is 52.6 Å². The molecule has 0 aliphatic heterocycles. The van der Waals surface area contributed by atoms with E-state index in [0.717, 1.165) is 66.8 Å². The second-order valence-corrected chi connectivity index (χ2v) is 26.7. The normalized spacial score (nSPS) is 12.5. The third kappa shape index (κ3) is 21.0. The number of amides is 4. The lowest BCUT2D eigenvalue weighted by Crippen LogP contribution is -2.31. The maximum atomic E-state index is 12.0. The molecule has 0 spiro atoms. The van der Waals surface area contributed by atoms with Crippen LogP contribution in [-0.4, -0.2) is 121 Å². The van der Waals surface area contributed by atoms with Gasteiger partial charge in [-0.1, -0.05) is 132 Å². The highest BCUT2D eigenvalue weighted by Crippen LogP contribution is 2.45. The van der Waals surface area contributed by atoms with Crippen molar-refractivity contribution < 1.29 is 77.7 Å². The molecule has 1 aliphatic carbocycles. The maximum absolute atomic E-state index is 12.0. The van der Waals surface area contributed by atoms with Crippen molar-refractivity contribution in [1.29, 1.82) is 0 Å². The summed E-state index contributed by atoms with van der Waals surface area (Å²) in [5.41, 5.74) is 9.59. The molecule has 20 heteroatoms. The second kappa shape index (κ2) is 31.1. The van der Waals surface area contributed by atoms with Crippen molar-refractivity contribution in [3.63, 3.8) is 0 Å². The first-order valence-corrected chi connectivity index (χ1v) is 30.4. The zero-order valence-electron chi connectivity index (χ0n) is 53.4. The molecule has 0 saturated carbocycles. The monoisotopic (exact) mass is 1220 g/mol. The topological polar surface area (TPSA) is 303 Å². The van der Waals surface area contributed by atoms with Gasteiger partial charge in [0.1, 0.15) is 23.0 Å². The van der Waals surface area contributed by atoms with Gasteiger partial charge in [-0.15, -0.1) is 0 Å². The molecule has 8 N–H and O–H groups in total. The number of carboxylic acids is 4. The minimum absolute atomic E-state index is 0.126. The van der Waals surface area contributed by atoms with Crippen molar-refractivity contribution in [2.45, 2.75) is 182 Å². The van der Waals surface area contributed by atoms with E-state index < -0.39 is 47.5 Å². The van der Waals surface area contributed by atoms with Gasteiger partial charge in [0.15, 0.2) is 0 Å². The van der Waals surface area contributed by atoms with E-state index >= 15 is 0 Å². The Morgan fingerprint density at radius 2 is 0.466 bits per heavy atom. The van der Waals surface area contributed by atoms with Crippen LogP contribution >= 0.6 is 0 Å². The van der Waals surface area contributed by atoms with Gasteiger partial charge in [0.05, 0.1) is 26.4 Å². The average molecular weight is 1220 g/mol. The number of aliphatic carboxylic acids is 4. The van der Waals surface area contributed by atoms with Crippen LogP contribution in [0.3, 0.4) is 0 Å². The molecule has 4 amide bonds. The fourth-order valence-electron chi connectivity index (χ4n) is 10.1. The molecule has 20 nitrogen and oxygen atoms in total. The summed E-state index contributed by atoms with van der Waals surface area (Å²) in [7, 11) is 0. The highest BCUT2D eigenvalue weighted by Gasteiger charge is 2.30. The third-order valence-electron chi connectivity index (χ3n) is 15.1. The lowest BCUT2D eigenvalue weighted by molar-refractivity contribution is -0.150. The van der Waals surface area contributed by atoms with Crippen molar-refractivity contribution >= 4 is 47.5 Å². The second-order valence-electron chi connectivity index (χ2n) is 26.7. The first kappa shape index (κ1) is 70.6. The number of carbonyl (C=O) groups is 8. The number of benzene rings is 4. The van der Waals surface area contributed by atoms with Gasteiger partial charge in [-0.2, -0.15) is 0 Å². The summed E-state index contributed by atoms with van der Waals surface area (Å²) < 4.78 is 28.1. The van der Waals surface area contributed by atoms with Crippen LogP contribution < -0.4 is 40.2 Å². The molecule has 0 aromatic heterocycles. The van der Waals surface area contributed by atoms with Crippen LogP contribution in [0.15, 0.2) is 48.5 Å². The van der Waals surface area contributed by atoms with Crippen LogP contribution in [0.4, 0.5) is 0 Å². The molecule has 0 saturated heterocycles. The Labute approximate surface area is 517 Å². The largest absolute Gasteiger partial charge is 0.493 e. The van der Waals surface area contributed by atoms with Gasteiger partial charge < -0.3 is 60.6 Å². The fourth-order valence-corrected chi connectivity index (χ4v) is 10.1. The number of ether oxygens (including phenoxy) is 4. The Balaban J connectivity index is 1.88. The number of unbranched alkanes of at least 4 members (excludes halogenated alkanes) is 4. The van der Waals surface area contributed by atoms with E-state index in [4.69, 9.17) is 18.9 Å². The van der Waals surface area contributed by atoms with Crippen molar-refractivity contribution in [3.8, 4) is 23.0 Å². The molecule has 0 fully saturated rings. The SMILES string of the molecule is CC(C)(C)c1cc2c(OCCCCNC(=O)C(=O)O)c(c1)Cc1cc(C(C)(C)C)cc(c1OCCCCNC(=O)C(=O)O)Cc1cc(C(C)(C)C)cc(c1OCCCCNC(=O)C(=O)O)Cc1cc(C(C)(C)C)cc(c1OCCCCNC(=O)C(=O)O)C2. The molecular weight excluding hydrogens is 1130 g/mol. The Morgan fingerprint density at radius 1 is 0.307 bits per heavy atom. The van der Waals surface area contributed by atoms with E-state index in [9.17, 15) is 58.8 Å². The van der Waals surface area contributed by atoms with Crippen LogP contribution in [0.1, 0.15) is 201 Å². The van der Waals surface area contributed by atoms with Gasteiger partial charge in [-0.3, -0.25) is 19.2 Å². The smallest absolute Gasteiger partial charge is 0.394 e. The quantitative estimate of drug-likeness (QED) is 0.0211. The predicted octanol–water partition coefficient (Wildman–Crippen LogP) is 8.99. The van der Waals surface area contributed by atoms with Crippen molar-refractivity contribution in [3.05, 3.63) is 115 Å². The first-order chi connectivity index (χ1) is 41.1. The number of fused-ring (bicyclic) bond motifs is 8. The lowest BCUT2D eigenvalue weighted by atomic mass is 9.79. The molecule has 4 aromatic carbocycles. The first-order valence-electron chi connectivity index (χ1n) is 30.4. The molecule has 0 atom stereocenters. The molecule has 1 aliphatic rings. The van der Waals surface area contributed by atoms with Crippen LogP contribution in [0.5, 0.6) is 23.0 Å². The van der Waals surface area contributed by atoms with Crippen LogP contribution in [0, 0.1) is 0 Å². The van der Waals surface area contributed by atoms with E-state index in [1.807, 2.05) is 0 Å².